The second-order valence-electron chi connectivity index (χ2n) is 2.96. The first-order chi connectivity index (χ1) is 5.76. The van der Waals surface area contributed by atoms with Crippen LogP contribution in [0.2, 0.25) is 0 Å². The van der Waals surface area contributed by atoms with Gasteiger partial charge in [0.25, 0.3) is 0 Å². The monoisotopic (exact) mass is 174 g/mol. The van der Waals surface area contributed by atoms with E-state index in [0.29, 0.717) is 12.8 Å². The van der Waals surface area contributed by atoms with Crippen LogP contribution >= 0.6 is 0 Å². The van der Waals surface area contributed by atoms with Crippen LogP contribution in [0.25, 0.3) is 0 Å². The summed E-state index contributed by atoms with van der Waals surface area (Å²) in [5, 5.41) is 3.22. The van der Waals surface area contributed by atoms with Gasteiger partial charge in [0.1, 0.15) is 0 Å². The summed E-state index contributed by atoms with van der Waals surface area (Å²) in [6.07, 6.45) is 0. The molecule has 0 bridgehead atoms. The third kappa shape index (κ3) is 4.70. The van der Waals surface area contributed by atoms with Crippen molar-refractivity contribution in [2.75, 3.05) is 33.5 Å². The summed E-state index contributed by atoms with van der Waals surface area (Å²) in [6, 6.07) is 0.593. The molecule has 0 rings (SSSR count). The van der Waals surface area contributed by atoms with E-state index in [1.807, 2.05) is 0 Å². The van der Waals surface area contributed by atoms with E-state index in [0.717, 1.165) is 19.6 Å². The molecule has 74 valence electrons. The van der Waals surface area contributed by atoms with Gasteiger partial charge in [0.2, 0.25) is 0 Å². The minimum atomic E-state index is 0.593. The van der Waals surface area contributed by atoms with Crippen LogP contribution < -0.4 is 5.32 Å². The number of nitrogens with zero attached hydrogens (tertiary/aromatic N) is 1. The van der Waals surface area contributed by atoms with Gasteiger partial charge in [-0.1, -0.05) is 13.8 Å². The standard InChI is InChI=1S/C9H22N2O/c1-5-11(6-2)9(3)7-10-8-12-4/h9-10H,5-8H2,1-4H3/t9-/m0/s1. The van der Waals surface area contributed by atoms with Crippen molar-refractivity contribution in [2.45, 2.75) is 26.8 Å². The van der Waals surface area contributed by atoms with Gasteiger partial charge < -0.3 is 4.74 Å². The minimum absolute atomic E-state index is 0.593. The molecule has 12 heavy (non-hydrogen) atoms. The van der Waals surface area contributed by atoms with Crippen molar-refractivity contribution >= 4 is 0 Å². The zero-order chi connectivity index (χ0) is 9.40. The molecule has 3 nitrogen and oxygen atoms in total. The molecular weight excluding hydrogens is 152 g/mol. The lowest BCUT2D eigenvalue weighted by atomic mass is 10.3. The summed E-state index contributed by atoms with van der Waals surface area (Å²) in [6.45, 7) is 10.5. The normalized spacial score (nSPS) is 13.8. The molecule has 0 aliphatic carbocycles. The summed E-state index contributed by atoms with van der Waals surface area (Å²) in [7, 11) is 1.70. The van der Waals surface area contributed by atoms with Crippen molar-refractivity contribution in [2.24, 2.45) is 0 Å². The van der Waals surface area contributed by atoms with E-state index in [1.165, 1.54) is 0 Å². The Morgan fingerprint density at radius 1 is 1.33 bits per heavy atom. The summed E-state index contributed by atoms with van der Waals surface area (Å²) in [5.41, 5.74) is 0. The Labute approximate surface area is 76.1 Å². The second-order valence-corrected chi connectivity index (χ2v) is 2.96. The molecular formula is C9H22N2O. The molecule has 0 aliphatic rings. The molecule has 0 aromatic carbocycles. The Balaban J connectivity index is 3.47. The molecule has 1 N–H and O–H groups in total. The van der Waals surface area contributed by atoms with E-state index in [9.17, 15) is 0 Å². The molecule has 0 aliphatic heterocycles. The SMILES string of the molecule is CCN(CC)[C@@H](C)CNCOC. The zero-order valence-electron chi connectivity index (χ0n) is 8.76. The number of methoxy groups -OCH3 is 1. The fraction of sp³-hybridized carbons (Fsp3) is 1.00. The molecule has 0 radical (unpaired) electrons. The molecule has 0 spiro atoms. The van der Waals surface area contributed by atoms with Gasteiger partial charge in [0, 0.05) is 19.7 Å². The van der Waals surface area contributed by atoms with Crippen molar-refractivity contribution in [3.8, 4) is 0 Å². The molecule has 0 heterocycles. The Bertz CT molecular complexity index is 94.5. The van der Waals surface area contributed by atoms with Crippen molar-refractivity contribution < 1.29 is 4.74 Å². The molecule has 0 aromatic rings. The lowest BCUT2D eigenvalue weighted by Gasteiger charge is -2.26. The van der Waals surface area contributed by atoms with Crippen LogP contribution in [0.5, 0.6) is 0 Å². The number of rotatable bonds is 7. The van der Waals surface area contributed by atoms with Crippen molar-refractivity contribution in [3.05, 3.63) is 0 Å². The Morgan fingerprint density at radius 3 is 2.33 bits per heavy atom. The number of nitrogens with one attached hydrogen (secondary N) is 1. The molecule has 0 saturated carbocycles. The highest BCUT2D eigenvalue weighted by Gasteiger charge is 2.07. The Kier molecular flexibility index (Phi) is 7.45. The lowest BCUT2D eigenvalue weighted by Crippen LogP contribution is -2.40. The van der Waals surface area contributed by atoms with Crippen LogP contribution in [0.1, 0.15) is 20.8 Å². The topological polar surface area (TPSA) is 24.5 Å². The van der Waals surface area contributed by atoms with Crippen LogP contribution in [0.4, 0.5) is 0 Å². The van der Waals surface area contributed by atoms with E-state index in [-0.39, 0.29) is 0 Å². The molecule has 0 unspecified atom stereocenters. The van der Waals surface area contributed by atoms with Gasteiger partial charge in [-0.2, -0.15) is 0 Å². The van der Waals surface area contributed by atoms with Crippen LogP contribution in [-0.2, 0) is 4.74 Å². The maximum Gasteiger partial charge on any atom is 0.0961 e. The quantitative estimate of drug-likeness (QED) is 0.458. The van der Waals surface area contributed by atoms with Crippen LogP contribution in [0, 0.1) is 0 Å². The third-order valence-electron chi connectivity index (χ3n) is 2.12. The minimum Gasteiger partial charge on any atom is -0.370 e. The Hall–Kier alpha value is -0.120. The largest absolute Gasteiger partial charge is 0.370 e. The van der Waals surface area contributed by atoms with E-state index in [2.05, 4.69) is 31.0 Å². The number of likely N-dealkylation sites (N-methyl/N-ethyl adjacent to an activating group) is 1. The first kappa shape index (κ1) is 11.9. The number of hydrogen-bond acceptors (Lipinski definition) is 3. The zero-order valence-corrected chi connectivity index (χ0v) is 8.76. The average molecular weight is 174 g/mol. The van der Waals surface area contributed by atoms with Crippen LogP contribution in [0.3, 0.4) is 0 Å². The predicted octanol–water partition coefficient (Wildman–Crippen LogP) is 0.910. The van der Waals surface area contributed by atoms with E-state index >= 15 is 0 Å². The van der Waals surface area contributed by atoms with Gasteiger partial charge in [0.15, 0.2) is 0 Å². The van der Waals surface area contributed by atoms with E-state index in [4.69, 9.17) is 4.74 Å². The highest BCUT2D eigenvalue weighted by Crippen LogP contribution is 1.95. The fourth-order valence-corrected chi connectivity index (χ4v) is 1.35. The number of hydrogen-bond donors (Lipinski definition) is 1. The molecule has 1 atom stereocenters. The maximum atomic E-state index is 4.91. The van der Waals surface area contributed by atoms with Gasteiger partial charge in [-0.05, 0) is 20.0 Å². The first-order valence-electron chi connectivity index (χ1n) is 4.69. The Morgan fingerprint density at radius 2 is 1.92 bits per heavy atom. The number of ether oxygens (including phenoxy) is 1. The highest BCUT2D eigenvalue weighted by molar-refractivity contribution is 4.65. The van der Waals surface area contributed by atoms with Crippen molar-refractivity contribution in [3.63, 3.8) is 0 Å². The van der Waals surface area contributed by atoms with Crippen molar-refractivity contribution in [1.29, 1.82) is 0 Å². The van der Waals surface area contributed by atoms with E-state index in [1.54, 1.807) is 7.11 Å². The van der Waals surface area contributed by atoms with Gasteiger partial charge in [-0.25, -0.2) is 0 Å². The van der Waals surface area contributed by atoms with Crippen molar-refractivity contribution in [1.82, 2.24) is 10.2 Å². The molecule has 0 amide bonds. The van der Waals surface area contributed by atoms with E-state index < -0.39 is 0 Å². The van der Waals surface area contributed by atoms with Crippen LogP contribution in [-0.4, -0.2) is 44.4 Å². The maximum absolute atomic E-state index is 4.91. The molecule has 0 aromatic heterocycles. The highest BCUT2D eigenvalue weighted by atomic mass is 16.5. The third-order valence-corrected chi connectivity index (χ3v) is 2.12. The van der Waals surface area contributed by atoms with Crippen LogP contribution in [0.15, 0.2) is 0 Å². The summed E-state index contributed by atoms with van der Waals surface area (Å²) in [4.78, 5) is 2.42. The summed E-state index contributed by atoms with van der Waals surface area (Å²) in [5.74, 6) is 0. The van der Waals surface area contributed by atoms with Gasteiger partial charge in [0.05, 0.1) is 6.73 Å². The summed E-state index contributed by atoms with van der Waals surface area (Å²) < 4.78 is 4.91. The smallest absolute Gasteiger partial charge is 0.0961 e. The molecule has 0 saturated heterocycles. The van der Waals surface area contributed by atoms with Gasteiger partial charge >= 0.3 is 0 Å². The second kappa shape index (κ2) is 7.53. The molecule has 3 heteroatoms. The first-order valence-corrected chi connectivity index (χ1v) is 4.69. The fourth-order valence-electron chi connectivity index (χ4n) is 1.35. The summed E-state index contributed by atoms with van der Waals surface area (Å²) >= 11 is 0. The van der Waals surface area contributed by atoms with Gasteiger partial charge in [-0.3, -0.25) is 10.2 Å². The predicted molar refractivity (Wildman–Crippen MR) is 52.3 cm³/mol. The average Bonchev–Trinajstić information content (AvgIpc) is 2.07. The van der Waals surface area contributed by atoms with Gasteiger partial charge in [-0.15, -0.1) is 0 Å². The molecule has 0 fully saturated rings. The lowest BCUT2D eigenvalue weighted by molar-refractivity contribution is 0.156.